The number of nitrogens with zero attached hydrogens (tertiary/aromatic N) is 1. The van der Waals surface area contributed by atoms with Gasteiger partial charge in [0.05, 0.1) is 14.1 Å². The summed E-state index contributed by atoms with van der Waals surface area (Å²) in [4.78, 5) is 11.0. The largest absolute Gasteiger partial charge is 0.460 e. The number of quaternary nitrogens is 1. The Morgan fingerprint density at radius 2 is 2.05 bits per heavy atom. The van der Waals surface area contributed by atoms with Crippen LogP contribution in [-0.4, -0.2) is 48.9 Å². The Kier molecular flexibility index (Phi) is 6.34. The highest BCUT2D eigenvalue weighted by Gasteiger charge is 2.22. The second kappa shape index (κ2) is 7.76. The zero-order chi connectivity index (χ0) is 15.9. The summed E-state index contributed by atoms with van der Waals surface area (Å²) < 4.78 is 5.44. The van der Waals surface area contributed by atoms with Crippen molar-refractivity contribution in [3.63, 3.8) is 0 Å². The number of hydrogen-bond donors (Lipinski definition) is 1. The van der Waals surface area contributed by atoms with Gasteiger partial charge >= 0.3 is 5.97 Å². The van der Waals surface area contributed by atoms with Gasteiger partial charge < -0.3 is 14.3 Å². The number of carbonyl (C=O) groups is 1. The van der Waals surface area contributed by atoms with Crippen LogP contribution in [0, 0.1) is 0 Å². The Balaban J connectivity index is 2.62. The molecule has 0 radical (unpaired) electrons. The normalized spacial score (nSPS) is 12.5. The monoisotopic (exact) mass is 290 g/mol. The van der Waals surface area contributed by atoms with Gasteiger partial charge in [0, 0.05) is 11.6 Å². The molecular formula is C17H24NO3+. The van der Waals surface area contributed by atoms with Crippen molar-refractivity contribution < 1.29 is 19.1 Å². The lowest BCUT2D eigenvalue weighted by atomic mass is 10.1. The molecular weight excluding hydrogens is 266 g/mol. The van der Waals surface area contributed by atoms with Gasteiger partial charge in [0.15, 0.2) is 0 Å². The number of aliphatic hydroxyl groups excluding tert-OH is 1. The molecule has 1 aromatic carbocycles. The fraction of sp³-hybridized carbons (Fsp3) is 0.353. The zero-order valence-corrected chi connectivity index (χ0v) is 12.8. The third kappa shape index (κ3) is 5.94. The van der Waals surface area contributed by atoms with Crippen molar-refractivity contribution in [2.75, 3.05) is 27.2 Å². The highest BCUT2D eigenvalue weighted by Crippen LogP contribution is 2.16. The lowest BCUT2D eigenvalue weighted by Crippen LogP contribution is -2.46. The molecule has 1 aromatic rings. The van der Waals surface area contributed by atoms with Crippen molar-refractivity contribution in [1.29, 1.82) is 0 Å². The number of hydrogen-bond acceptors (Lipinski definition) is 3. The van der Waals surface area contributed by atoms with Crippen LogP contribution in [0.5, 0.6) is 0 Å². The highest BCUT2D eigenvalue weighted by molar-refractivity contribution is 5.81. The first kappa shape index (κ1) is 17.1. The number of aliphatic hydroxyl groups is 1. The molecule has 21 heavy (non-hydrogen) atoms. The van der Waals surface area contributed by atoms with Crippen molar-refractivity contribution in [2.45, 2.75) is 12.6 Å². The minimum atomic E-state index is -0.709. The molecule has 1 rings (SSSR count). The molecule has 1 N–H and O–H groups in total. The molecule has 1 unspecified atom stereocenters. The summed E-state index contributed by atoms with van der Waals surface area (Å²) in [5.74, 6) is -0.517. The maximum absolute atomic E-state index is 11.0. The lowest BCUT2D eigenvalue weighted by molar-refractivity contribution is -0.906. The van der Waals surface area contributed by atoms with Crippen LogP contribution < -0.4 is 0 Å². The Morgan fingerprint density at radius 3 is 2.67 bits per heavy atom. The molecule has 0 spiro atoms. The van der Waals surface area contributed by atoms with E-state index in [1.807, 2.05) is 38.4 Å². The Hall–Kier alpha value is -1.91. The van der Waals surface area contributed by atoms with E-state index in [2.05, 4.69) is 19.2 Å². The molecule has 0 saturated heterocycles. The van der Waals surface area contributed by atoms with Gasteiger partial charge in [-0.05, 0) is 5.56 Å². The first-order valence-electron chi connectivity index (χ1n) is 6.87. The standard InChI is InChI=1S/C17H24NO3/c1-5-14-9-7-8-10-15(14)11-18(3,4)12-16(19)13-21-17(20)6-2/h5-10,16,19H,1-2,11-13H2,3-4H3/q+1. The minimum absolute atomic E-state index is 0.0182. The quantitative estimate of drug-likeness (QED) is 0.452. The smallest absolute Gasteiger partial charge is 0.330 e. The van der Waals surface area contributed by atoms with Crippen molar-refractivity contribution in [3.05, 3.63) is 54.6 Å². The molecule has 0 heterocycles. The van der Waals surface area contributed by atoms with E-state index < -0.39 is 12.1 Å². The Bertz CT molecular complexity index is 509. The number of ether oxygens (including phenoxy) is 1. The maximum Gasteiger partial charge on any atom is 0.330 e. The summed E-state index contributed by atoms with van der Waals surface area (Å²) >= 11 is 0. The average molecular weight is 290 g/mol. The molecule has 0 aromatic heterocycles. The molecule has 0 aliphatic rings. The zero-order valence-electron chi connectivity index (χ0n) is 12.8. The fourth-order valence-corrected chi connectivity index (χ4v) is 2.26. The number of rotatable bonds is 8. The summed E-state index contributed by atoms with van der Waals surface area (Å²) in [6.45, 7) is 8.36. The highest BCUT2D eigenvalue weighted by atomic mass is 16.5. The van der Waals surface area contributed by atoms with E-state index in [1.165, 1.54) is 5.56 Å². The average Bonchev–Trinajstić information content (AvgIpc) is 2.44. The van der Waals surface area contributed by atoms with E-state index in [0.717, 1.165) is 18.2 Å². The van der Waals surface area contributed by atoms with E-state index in [4.69, 9.17) is 4.74 Å². The Labute approximate surface area is 126 Å². The summed E-state index contributed by atoms with van der Waals surface area (Å²) in [6.07, 6.45) is 2.21. The van der Waals surface area contributed by atoms with Crippen LogP contribution in [-0.2, 0) is 16.1 Å². The van der Waals surface area contributed by atoms with Gasteiger partial charge in [-0.2, -0.15) is 0 Å². The molecule has 4 nitrogen and oxygen atoms in total. The SMILES string of the molecule is C=CC(=O)OCC(O)C[N+](C)(C)Cc1ccccc1C=C. The lowest BCUT2D eigenvalue weighted by Gasteiger charge is -2.32. The summed E-state index contributed by atoms with van der Waals surface area (Å²) in [7, 11) is 4.05. The molecule has 0 amide bonds. The van der Waals surface area contributed by atoms with E-state index >= 15 is 0 Å². The molecule has 0 saturated carbocycles. The molecule has 114 valence electrons. The number of esters is 1. The molecule has 0 aliphatic carbocycles. The molecule has 4 heteroatoms. The van der Waals surface area contributed by atoms with Crippen molar-refractivity contribution in [3.8, 4) is 0 Å². The van der Waals surface area contributed by atoms with Crippen LogP contribution in [0.3, 0.4) is 0 Å². The van der Waals surface area contributed by atoms with E-state index in [1.54, 1.807) is 0 Å². The topological polar surface area (TPSA) is 46.5 Å². The van der Waals surface area contributed by atoms with Gasteiger partial charge in [0.2, 0.25) is 0 Å². The third-order valence-corrected chi connectivity index (χ3v) is 3.16. The summed E-state index contributed by atoms with van der Waals surface area (Å²) in [5.41, 5.74) is 2.27. The third-order valence-electron chi connectivity index (χ3n) is 3.16. The van der Waals surface area contributed by atoms with Gasteiger partial charge in [0.1, 0.15) is 25.8 Å². The maximum atomic E-state index is 11.0. The molecule has 0 bridgehead atoms. The van der Waals surface area contributed by atoms with Crippen molar-refractivity contribution in [1.82, 2.24) is 0 Å². The summed E-state index contributed by atoms with van der Waals surface area (Å²) in [5, 5.41) is 9.99. The summed E-state index contributed by atoms with van der Waals surface area (Å²) in [6, 6.07) is 8.04. The van der Waals surface area contributed by atoms with Crippen LogP contribution >= 0.6 is 0 Å². The van der Waals surface area contributed by atoms with Crippen LogP contribution in [0.2, 0.25) is 0 Å². The number of benzene rings is 1. The predicted molar refractivity (Wildman–Crippen MR) is 84.4 cm³/mol. The van der Waals surface area contributed by atoms with Crippen LogP contribution in [0.25, 0.3) is 6.08 Å². The van der Waals surface area contributed by atoms with Crippen molar-refractivity contribution in [2.24, 2.45) is 0 Å². The van der Waals surface area contributed by atoms with Gasteiger partial charge in [-0.1, -0.05) is 43.5 Å². The van der Waals surface area contributed by atoms with Crippen LogP contribution in [0.4, 0.5) is 0 Å². The van der Waals surface area contributed by atoms with Crippen LogP contribution in [0.1, 0.15) is 11.1 Å². The van der Waals surface area contributed by atoms with E-state index in [9.17, 15) is 9.90 Å². The molecule has 1 atom stereocenters. The second-order valence-corrected chi connectivity index (χ2v) is 5.67. The fourth-order valence-electron chi connectivity index (χ4n) is 2.26. The number of carbonyl (C=O) groups excluding carboxylic acids is 1. The molecule has 0 aliphatic heterocycles. The number of likely N-dealkylation sites (N-methyl/N-ethyl adjacent to an activating group) is 1. The molecule has 0 fully saturated rings. The van der Waals surface area contributed by atoms with Crippen molar-refractivity contribution >= 4 is 12.0 Å². The minimum Gasteiger partial charge on any atom is -0.460 e. The van der Waals surface area contributed by atoms with Crippen LogP contribution in [0.15, 0.2) is 43.5 Å². The Morgan fingerprint density at radius 1 is 1.38 bits per heavy atom. The predicted octanol–water partition coefficient (Wildman–Crippen LogP) is 2.00. The van der Waals surface area contributed by atoms with Gasteiger partial charge in [0.25, 0.3) is 0 Å². The first-order valence-corrected chi connectivity index (χ1v) is 6.87. The van der Waals surface area contributed by atoms with Gasteiger partial charge in [-0.3, -0.25) is 0 Å². The van der Waals surface area contributed by atoms with E-state index in [0.29, 0.717) is 11.0 Å². The van der Waals surface area contributed by atoms with Gasteiger partial charge in [-0.15, -0.1) is 0 Å². The van der Waals surface area contributed by atoms with Gasteiger partial charge in [-0.25, -0.2) is 4.79 Å². The first-order chi connectivity index (χ1) is 9.88. The second-order valence-electron chi connectivity index (χ2n) is 5.67. The van der Waals surface area contributed by atoms with E-state index in [-0.39, 0.29) is 6.61 Å².